The number of hydrogen-bond donors (Lipinski definition) is 4. The predicted molar refractivity (Wildman–Crippen MR) is 340 cm³/mol. The Hall–Kier alpha value is -8.87. The van der Waals surface area contributed by atoms with Gasteiger partial charge in [-0.1, -0.05) is 59.6 Å². The highest BCUT2D eigenvalue weighted by Gasteiger charge is 2.35. The molecule has 0 radical (unpaired) electrons. The van der Waals surface area contributed by atoms with Gasteiger partial charge in [-0.3, -0.25) is 4.79 Å². The fourth-order valence-electron chi connectivity index (χ4n) is 10.1. The normalized spacial score (nSPS) is 13.0. The molecule has 0 spiro atoms. The molecule has 4 aromatic heterocycles. The van der Waals surface area contributed by atoms with E-state index in [0.717, 1.165) is 44.1 Å². The molecular formula is C67H66Cl2F2N12O3. The fourth-order valence-corrected chi connectivity index (χ4v) is 10.5. The van der Waals surface area contributed by atoms with Crippen LogP contribution in [0.1, 0.15) is 37.8 Å². The van der Waals surface area contributed by atoms with E-state index in [4.69, 9.17) is 32.7 Å². The Balaban J connectivity index is 0.879. The molecule has 15 nitrogen and oxygen atoms in total. The number of carbonyl (C=O) groups is 1. The van der Waals surface area contributed by atoms with Gasteiger partial charge >= 0.3 is 0 Å². The lowest BCUT2D eigenvalue weighted by atomic mass is 9.82. The number of ether oxygens (including phenoxy) is 2. The fraction of sp³-hybridized carbons (Fsp3) is 0.239. The van der Waals surface area contributed by atoms with Gasteiger partial charge in [-0.15, -0.1) is 0 Å². The minimum absolute atomic E-state index is 0.0197. The molecule has 2 unspecified atom stereocenters. The van der Waals surface area contributed by atoms with Crippen molar-refractivity contribution in [3.05, 3.63) is 204 Å². The number of anilines is 4. The molecule has 10 rings (SSSR count). The van der Waals surface area contributed by atoms with Crippen molar-refractivity contribution in [2.45, 2.75) is 65.1 Å². The van der Waals surface area contributed by atoms with Crippen LogP contribution >= 0.6 is 23.2 Å². The monoisotopic (exact) mass is 1190 g/mol. The van der Waals surface area contributed by atoms with Crippen molar-refractivity contribution >= 4 is 85.2 Å². The van der Waals surface area contributed by atoms with Crippen LogP contribution in [0.3, 0.4) is 0 Å². The lowest BCUT2D eigenvalue weighted by molar-refractivity contribution is -0.123. The van der Waals surface area contributed by atoms with Crippen LogP contribution in [-0.2, 0) is 31.1 Å². The summed E-state index contributed by atoms with van der Waals surface area (Å²) in [7, 11) is 7.88. The quantitative estimate of drug-likeness (QED) is 0.0380. The number of hydrogen-bond acceptors (Lipinski definition) is 13. The average molecular weight is 1200 g/mol. The van der Waals surface area contributed by atoms with E-state index in [9.17, 15) is 19.6 Å². The maximum absolute atomic E-state index is 15.5. The van der Waals surface area contributed by atoms with Crippen molar-refractivity contribution in [3.8, 4) is 33.8 Å². The Bertz CT molecular complexity index is 3840. The zero-order valence-electron chi connectivity index (χ0n) is 48.5. The molecule has 4 N–H and O–H groups in total. The van der Waals surface area contributed by atoms with E-state index in [1.165, 1.54) is 36.9 Å². The van der Waals surface area contributed by atoms with Crippen molar-refractivity contribution in [2.75, 3.05) is 38.8 Å². The van der Waals surface area contributed by atoms with Gasteiger partial charge in [0.1, 0.15) is 60.6 Å². The zero-order valence-corrected chi connectivity index (χ0v) is 50.0. The summed E-state index contributed by atoms with van der Waals surface area (Å²) in [5.74, 6) is -0.516. The number of nitrogens with zero attached hydrogens (tertiary/aromatic N) is 8. The molecule has 0 aliphatic carbocycles. The Kier molecular flexibility index (Phi) is 18.9. The summed E-state index contributed by atoms with van der Waals surface area (Å²) in [5.41, 5.74) is 8.32. The predicted octanol–water partition coefficient (Wildman–Crippen LogP) is 15.0. The number of fused-ring (bicyclic) bond motifs is 2. The number of aromatic nitrogens is 6. The first-order chi connectivity index (χ1) is 41.4. The van der Waals surface area contributed by atoms with Crippen molar-refractivity contribution in [1.29, 1.82) is 10.8 Å². The summed E-state index contributed by atoms with van der Waals surface area (Å²) in [6.07, 6.45) is 11.6. The van der Waals surface area contributed by atoms with Crippen molar-refractivity contribution in [3.63, 3.8) is 0 Å². The minimum atomic E-state index is -0.844. The SMILES string of the molecule is CC(CC(=N)[C@@H](Cn1ccc(-c2ccc3ncnc(Nc4ccc(OCc5cccc(F)c5)c(Cl)c4)c3c2)c1)C(=O)[C@H](Cn1ccc(-c2ccc3ncnc(Nc4ccc(OCc5cccc(F)c5)c(Cl)c4)c3c2)c1)C(=N)CC(C)N(C)C)N(C)C. The Labute approximate surface area is 508 Å². The van der Waals surface area contributed by atoms with Gasteiger partial charge < -0.3 is 49.9 Å². The highest BCUT2D eigenvalue weighted by molar-refractivity contribution is 6.32. The summed E-state index contributed by atoms with van der Waals surface area (Å²) in [4.78, 5) is 37.9. The van der Waals surface area contributed by atoms with Crippen LogP contribution in [0.5, 0.6) is 11.5 Å². The minimum Gasteiger partial charge on any atom is -0.487 e. The van der Waals surface area contributed by atoms with E-state index in [1.807, 2.05) is 146 Å². The van der Waals surface area contributed by atoms with Gasteiger partial charge in [0.15, 0.2) is 5.78 Å². The highest BCUT2D eigenvalue weighted by atomic mass is 35.5. The van der Waals surface area contributed by atoms with Crippen molar-refractivity contribution in [1.82, 2.24) is 38.9 Å². The van der Waals surface area contributed by atoms with E-state index in [-0.39, 0.29) is 55.8 Å². The van der Waals surface area contributed by atoms with Gasteiger partial charge in [-0.2, -0.15) is 0 Å². The second kappa shape index (κ2) is 27.0. The van der Waals surface area contributed by atoms with Crippen LogP contribution in [0.15, 0.2) is 171 Å². The number of carbonyl (C=O) groups excluding carboxylic acids is 1. The van der Waals surface area contributed by atoms with Crippen LogP contribution in [0.25, 0.3) is 44.1 Å². The number of nitrogens with one attached hydrogen (secondary N) is 4. The smallest absolute Gasteiger partial charge is 0.153 e. The van der Waals surface area contributed by atoms with Gasteiger partial charge in [0.05, 0.1) is 32.9 Å². The third-order valence-electron chi connectivity index (χ3n) is 15.5. The van der Waals surface area contributed by atoms with E-state index in [2.05, 4.69) is 30.6 Å². The van der Waals surface area contributed by atoms with Gasteiger partial charge in [-0.25, -0.2) is 28.7 Å². The topological polar surface area (TPSA) is 175 Å². The number of benzene rings is 6. The molecule has 6 aromatic carbocycles. The molecule has 86 heavy (non-hydrogen) atoms. The first-order valence-electron chi connectivity index (χ1n) is 28.1. The molecule has 4 heterocycles. The largest absolute Gasteiger partial charge is 0.487 e. The molecule has 0 amide bonds. The molecule has 0 fully saturated rings. The Morgan fingerprint density at radius 2 is 0.988 bits per heavy atom. The third kappa shape index (κ3) is 14.8. The lowest BCUT2D eigenvalue weighted by Gasteiger charge is -2.29. The van der Waals surface area contributed by atoms with Crippen molar-refractivity contribution in [2.24, 2.45) is 11.8 Å². The van der Waals surface area contributed by atoms with E-state index in [0.29, 0.717) is 79.9 Å². The molecule has 0 saturated heterocycles. The van der Waals surface area contributed by atoms with Gasteiger partial charge in [0, 0.05) is 96.4 Å². The second-order valence-corrected chi connectivity index (χ2v) is 22.9. The molecule has 19 heteroatoms. The molecule has 10 aromatic rings. The zero-order chi connectivity index (χ0) is 60.6. The highest BCUT2D eigenvalue weighted by Crippen LogP contribution is 2.36. The molecule has 0 aliphatic heterocycles. The van der Waals surface area contributed by atoms with E-state index >= 15 is 4.79 Å². The van der Waals surface area contributed by atoms with Gasteiger partial charge in [-0.05, 0) is 172 Å². The Morgan fingerprint density at radius 3 is 1.38 bits per heavy atom. The van der Waals surface area contributed by atoms with Gasteiger partial charge in [0.2, 0.25) is 0 Å². The number of rotatable bonds is 26. The first kappa shape index (κ1) is 60.3. The maximum atomic E-state index is 15.5. The Morgan fingerprint density at radius 1 is 0.558 bits per heavy atom. The van der Waals surface area contributed by atoms with E-state index < -0.39 is 11.8 Å². The van der Waals surface area contributed by atoms with E-state index in [1.54, 1.807) is 48.5 Å². The van der Waals surface area contributed by atoms with Crippen molar-refractivity contribution < 1.29 is 23.0 Å². The molecule has 0 aliphatic rings. The lowest BCUT2D eigenvalue weighted by Crippen LogP contribution is -2.41. The molecular weight excluding hydrogens is 1130 g/mol. The molecule has 0 bridgehead atoms. The molecule has 0 saturated carbocycles. The maximum Gasteiger partial charge on any atom is 0.153 e. The third-order valence-corrected chi connectivity index (χ3v) is 16.1. The molecule has 4 atom stereocenters. The summed E-state index contributed by atoms with van der Waals surface area (Å²) < 4.78 is 43.3. The first-order valence-corrected chi connectivity index (χ1v) is 28.9. The van der Waals surface area contributed by atoms with Crippen LogP contribution in [0.2, 0.25) is 10.0 Å². The second-order valence-electron chi connectivity index (χ2n) is 22.1. The van der Waals surface area contributed by atoms with Crippen LogP contribution in [-0.4, -0.2) is 96.4 Å². The summed E-state index contributed by atoms with van der Waals surface area (Å²) in [6.45, 7) is 4.80. The van der Waals surface area contributed by atoms with Crippen LogP contribution in [0.4, 0.5) is 31.8 Å². The average Bonchev–Trinajstić information content (AvgIpc) is 2.41. The van der Waals surface area contributed by atoms with Gasteiger partial charge in [0.25, 0.3) is 0 Å². The van der Waals surface area contributed by atoms with Crippen LogP contribution < -0.4 is 20.1 Å². The number of ketones is 1. The molecule has 440 valence electrons. The summed E-state index contributed by atoms with van der Waals surface area (Å²) in [5, 5.41) is 28.4. The standard InChI is InChI=1S/C67H66Cl2F2N12O3/c1-41(80(3)4)25-59(72)55(35-82-23-21-47(33-82)45-13-17-61-53(29-45)66(76-39-74-61)78-51-15-19-63(57(68)31-51)85-37-43-9-7-11-49(70)27-43)65(84)56(60(73)26-42(2)81(5)6)36-83-24-22-48(34-83)46-14-18-62-54(30-46)67(77-40-75-62)79-52-16-20-64(58(69)32-52)86-38-44-10-8-12-50(71)28-44/h7-24,27-34,39-42,55-56,72-73H,25-26,35-38H2,1-6H3,(H,74,76,78)(H,75,77,79)/t41?,42?,55-,56-/m1/s1. The van der Waals surface area contributed by atoms with Crippen LogP contribution in [0, 0.1) is 34.3 Å². The summed E-state index contributed by atoms with van der Waals surface area (Å²) >= 11 is 13.4. The number of halogens is 4. The summed E-state index contributed by atoms with van der Waals surface area (Å²) in [6, 6.07) is 38.9. The number of Topliss-reactive ketones (excluding diaryl/α,β-unsaturated/α-hetero) is 1.